The average Bonchev–Trinajstić information content (AvgIpc) is 3.21. The molecule has 3 rings (SSSR count). The molecule has 1 aromatic heterocycles. The van der Waals surface area contributed by atoms with Gasteiger partial charge in [0.25, 0.3) is 0 Å². The van der Waals surface area contributed by atoms with Crippen molar-refractivity contribution in [3.05, 3.63) is 18.0 Å². The van der Waals surface area contributed by atoms with Gasteiger partial charge in [-0.05, 0) is 37.2 Å². The number of rotatable bonds is 7. The number of nitrogens with zero attached hydrogens (tertiary/aromatic N) is 3. The summed E-state index contributed by atoms with van der Waals surface area (Å²) in [7, 11) is 0. The zero-order chi connectivity index (χ0) is 16.1. The van der Waals surface area contributed by atoms with Crippen LogP contribution in [0.4, 0.5) is 4.79 Å². The summed E-state index contributed by atoms with van der Waals surface area (Å²) in [6, 6.07) is 0.288. The van der Waals surface area contributed by atoms with Crippen LogP contribution in [-0.2, 0) is 6.42 Å². The van der Waals surface area contributed by atoms with Crippen LogP contribution in [0, 0.1) is 5.92 Å². The monoisotopic (exact) mass is 321 g/mol. The third-order valence-corrected chi connectivity index (χ3v) is 4.79. The number of aliphatic hydroxyl groups excluding tert-OH is 1. The van der Waals surface area contributed by atoms with Gasteiger partial charge < -0.3 is 15.3 Å². The van der Waals surface area contributed by atoms with Gasteiger partial charge in [-0.15, -0.1) is 0 Å². The Kier molecular flexibility index (Phi) is 5.51. The van der Waals surface area contributed by atoms with Gasteiger partial charge in [0.1, 0.15) is 0 Å². The van der Waals surface area contributed by atoms with Crippen LogP contribution in [-0.4, -0.2) is 76.5 Å². The van der Waals surface area contributed by atoms with Crippen LogP contribution < -0.4 is 5.32 Å². The molecule has 1 aliphatic carbocycles. The minimum Gasteiger partial charge on any atom is -0.396 e. The molecule has 7 heteroatoms. The predicted molar refractivity (Wildman–Crippen MR) is 87.1 cm³/mol. The van der Waals surface area contributed by atoms with Crippen molar-refractivity contribution in [1.82, 2.24) is 25.3 Å². The molecule has 23 heavy (non-hydrogen) atoms. The fourth-order valence-electron chi connectivity index (χ4n) is 3.21. The number of piperazine rings is 1. The number of H-pyrrole nitrogens is 1. The van der Waals surface area contributed by atoms with Crippen LogP contribution in [0.2, 0.25) is 0 Å². The minimum atomic E-state index is 0.00232. The molecular weight excluding hydrogens is 294 g/mol. The zero-order valence-electron chi connectivity index (χ0n) is 13.6. The summed E-state index contributed by atoms with van der Waals surface area (Å²) in [4.78, 5) is 16.7. The summed E-state index contributed by atoms with van der Waals surface area (Å²) < 4.78 is 0. The van der Waals surface area contributed by atoms with Crippen LogP contribution >= 0.6 is 0 Å². The summed E-state index contributed by atoms with van der Waals surface area (Å²) in [5.41, 5.74) is 1.10. The number of carbonyl (C=O) groups excluding carboxylic acids is 1. The zero-order valence-corrected chi connectivity index (χ0v) is 13.6. The number of carbonyl (C=O) groups is 1. The lowest BCUT2D eigenvalue weighted by molar-refractivity contribution is 0.0704. The van der Waals surface area contributed by atoms with Gasteiger partial charge in [-0.2, -0.15) is 5.10 Å². The van der Waals surface area contributed by atoms with Gasteiger partial charge in [0.15, 0.2) is 0 Å². The largest absolute Gasteiger partial charge is 0.396 e. The Morgan fingerprint density at radius 2 is 2.30 bits per heavy atom. The number of hydrogen-bond acceptors (Lipinski definition) is 4. The summed E-state index contributed by atoms with van der Waals surface area (Å²) >= 11 is 0. The molecule has 3 N–H and O–H groups in total. The Morgan fingerprint density at radius 1 is 1.43 bits per heavy atom. The first-order valence-corrected chi connectivity index (χ1v) is 8.61. The fraction of sp³-hybridized carbons (Fsp3) is 0.750. The molecule has 0 radical (unpaired) electrons. The standard InChI is InChI=1S/C16H27N5O2/c22-8-4-15-12-21(7-6-20(15)11-13-1-2-13)16(23)17-5-3-14-9-18-19-10-14/h9-10,13,15,22H,1-8,11-12H2,(H,17,23)(H,18,19). The molecule has 1 unspecified atom stereocenters. The van der Waals surface area contributed by atoms with Crippen molar-refractivity contribution in [2.24, 2.45) is 5.92 Å². The van der Waals surface area contributed by atoms with Crippen molar-refractivity contribution in [3.8, 4) is 0 Å². The van der Waals surface area contributed by atoms with Crippen molar-refractivity contribution in [2.75, 3.05) is 39.3 Å². The van der Waals surface area contributed by atoms with Gasteiger partial charge in [-0.1, -0.05) is 0 Å². The van der Waals surface area contributed by atoms with Crippen LogP contribution in [0.3, 0.4) is 0 Å². The molecular formula is C16H27N5O2. The second-order valence-electron chi connectivity index (χ2n) is 6.64. The van der Waals surface area contributed by atoms with Crippen LogP contribution in [0.15, 0.2) is 12.4 Å². The van der Waals surface area contributed by atoms with Gasteiger partial charge in [-0.3, -0.25) is 10.00 Å². The highest BCUT2D eigenvalue weighted by Gasteiger charge is 2.33. The van der Waals surface area contributed by atoms with E-state index in [1.165, 1.54) is 12.8 Å². The molecule has 2 fully saturated rings. The van der Waals surface area contributed by atoms with E-state index in [-0.39, 0.29) is 18.7 Å². The molecule has 0 aromatic carbocycles. The maximum atomic E-state index is 12.3. The summed E-state index contributed by atoms with van der Waals surface area (Å²) in [5, 5.41) is 19.0. The lowest BCUT2D eigenvalue weighted by Gasteiger charge is -2.41. The SMILES string of the molecule is O=C(NCCc1cn[nH]c1)N1CCN(CC2CC2)C(CCO)C1. The topological polar surface area (TPSA) is 84.5 Å². The third-order valence-electron chi connectivity index (χ3n) is 4.79. The number of nitrogens with one attached hydrogen (secondary N) is 2. The molecule has 0 spiro atoms. The van der Waals surface area contributed by atoms with Crippen molar-refractivity contribution < 1.29 is 9.90 Å². The maximum absolute atomic E-state index is 12.3. The van der Waals surface area contributed by atoms with E-state index >= 15 is 0 Å². The number of aromatic nitrogens is 2. The van der Waals surface area contributed by atoms with Crippen LogP contribution in [0.25, 0.3) is 0 Å². The molecule has 1 aromatic rings. The number of urea groups is 1. The minimum absolute atomic E-state index is 0.00232. The molecule has 1 atom stereocenters. The molecule has 2 amide bonds. The first-order valence-electron chi connectivity index (χ1n) is 8.61. The number of aromatic amines is 1. The number of amides is 2. The second kappa shape index (κ2) is 7.79. The molecule has 0 bridgehead atoms. The third kappa shape index (κ3) is 4.68. The Bertz CT molecular complexity index is 489. The van der Waals surface area contributed by atoms with E-state index in [1.54, 1.807) is 6.20 Å². The van der Waals surface area contributed by atoms with Crippen LogP contribution in [0.5, 0.6) is 0 Å². The van der Waals surface area contributed by atoms with Gasteiger partial charge >= 0.3 is 6.03 Å². The smallest absolute Gasteiger partial charge is 0.317 e. The number of hydrogen-bond donors (Lipinski definition) is 3. The lowest BCUT2D eigenvalue weighted by Crippen LogP contribution is -2.57. The van der Waals surface area contributed by atoms with Crippen LogP contribution in [0.1, 0.15) is 24.8 Å². The van der Waals surface area contributed by atoms with Crippen molar-refractivity contribution in [3.63, 3.8) is 0 Å². The first-order chi connectivity index (χ1) is 11.3. The van der Waals surface area contributed by atoms with E-state index < -0.39 is 0 Å². The highest BCUT2D eigenvalue weighted by Crippen LogP contribution is 2.31. The molecule has 2 aliphatic rings. The predicted octanol–water partition coefficient (Wildman–Crippen LogP) is 0.440. The molecule has 7 nitrogen and oxygen atoms in total. The highest BCUT2D eigenvalue weighted by atomic mass is 16.3. The van der Waals surface area contributed by atoms with Gasteiger partial charge in [0.05, 0.1) is 6.20 Å². The second-order valence-corrected chi connectivity index (χ2v) is 6.64. The van der Waals surface area contributed by atoms with E-state index in [4.69, 9.17) is 0 Å². The first kappa shape index (κ1) is 16.3. The van der Waals surface area contributed by atoms with Crippen molar-refractivity contribution >= 4 is 6.03 Å². The van der Waals surface area contributed by atoms with E-state index in [9.17, 15) is 9.90 Å². The summed E-state index contributed by atoms with van der Waals surface area (Å²) in [5.74, 6) is 0.839. The highest BCUT2D eigenvalue weighted by molar-refractivity contribution is 5.74. The molecule has 1 saturated heterocycles. The quantitative estimate of drug-likeness (QED) is 0.680. The molecule has 128 valence electrons. The van der Waals surface area contributed by atoms with E-state index in [0.717, 1.165) is 44.0 Å². The summed E-state index contributed by atoms with van der Waals surface area (Å²) in [6.07, 6.45) is 7.82. The summed E-state index contributed by atoms with van der Waals surface area (Å²) in [6.45, 7) is 4.32. The van der Waals surface area contributed by atoms with Crippen molar-refractivity contribution in [1.29, 1.82) is 0 Å². The molecule has 1 aliphatic heterocycles. The van der Waals surface area contributed by atoms with Gasteiger partial charge in [0, 0.05) is 51.6 Å². The Labute approximate surface area is 137 Å². The van der Waals surface area contributed by atoms with Gasteiger partial charge in [-0.25, -0.2) is 4.79 Å². The van der Waals surface area contributed by atoms with E-state index in [2.05, 4.69) is 20.4 Å². The Balaban J connectivity index is 1.44. The van der Waals surface area contributed by atoms with Crippen molar-refractivity contribution in [2.45, 2.75) is 31.7 Å². The maximum Gasteiger partial charge on any atom is 0.317 e. The normalized spacial score (nSPS) is 22.3. The van der Waals surface area contributed by atoms with Gasteiger partial charge in [0.2, 0.25) is 0 Å². The Morgan fingerprint density at radius 3 is 3.00 bits per heavy atom. The van der Waals surface area contributed by atoms with E-state index in [0.29, 0.717) is 13.1 Å². The average molecular weight is 321 g/mol. The van der Waals surface area contributed by atoms with E-state index in [1.807, 2.05) is 11.1 Å². The molecule has 2 heterocycles. The number of aliphatic hydroxyl groups is 1. The Hall–Kier alpha value is -1.60. The fourth-order valence-corrected chi connectivity index (χ4v) is 3.21. The lowest BCUT2D eigenvalue weighted by atomic mass is 10.1. The molecule has 1 saturated carbocycles.